The molecule has 176 valence electrons. The molecule has 1 aliphatic heterocycles. The fraction of sp³-hybridized carbons (Fsp3) is 0.174. The lowest BCUT2D eigenvalue weighted by atomic mass is 9.99. The lowest BCUT2D eigenvalue weighted by Gasteiger charge is -2.25. The van der Waals surface area contributed by atoms with Gasteiger partial charge in [0.1, 0.15) is 22.3 Å². The van der Waals surface area contributed by atoms with Crippen LogP contribution in [0.5, 0.6) is 0 Å². The van der Waals surface area contributed by atoms with E-state index in [0.29, 0.717) is 5.56 Å². The summed E-state index contributed by atoms with van der Waals surface area (Å²) in [7, 11) is -3.91. The highest BCUT2D eigenvalue weighted by Gasteiger charge is 2.38. The quantitative estimate of drug-likeness (QED) is 0.531. The number of nitrogens with two attached hydrogens (primary N) is 1. The zero-order chi connectivity index (χ0) is 24.5. The van der Waals surface area contributed by atoms with E-state index < -0.39 is 33.6 Å². The number of sulfonamides is 1. The summed E-state index contributed by atoms with van der Waals surface area (Å²) < 4.78 is 50.6. The molecule has 0 fully saturated rings. The number of hydrogen-bond acceptors (Lipinski definition) is 5. The molecule has 0 radical (unpaired) electrons. The van der Waals surface area contributed by atoms with Crippen molar-refractivity contribution in [2.45, 2.75) is 30.3 Å². The van der Waals surface area contributed by atoms with E-state index in [4.69, 9.17) is 5.14 Å². The van der Waals surface area contributed by atoms with Gasteiger partial charge in [-0.1, -0.05) is 18.2 Å². The fourth-order valence-corrected chi connectivity index (χ4v) is 4.34. The second-order valence-corrected chi connectivity index (χ2v) is 9.35. The van der Waals surface area contributed by atoms with Crippen LogP contribution >= 0.6 is 0 Å². The molecule has 34 heavy (non-hydrogen) atoms. The SMILES string of the molecule is NS(=O)(=O)c1ccc(NC(=O)CCC2c3c(F)cccc3C(=O)N2Cc2ccc(F)cc2)nc1. The zero-order valence-corrected chi connectivity index (χ0v) is 18.6. The van der Waals surface area contributed by atoms with Crippen molar-refractivity contribution in [1.29, 1.82) is 0 Å². The number of fused-ring (bicyclic) bond motifs is 1. The second kappa shape index (κ2) is 9.27. The van der Waals surface area contributed by atoms with E-state index in [1.54, 1.807) is 12.1 Å². The predicted octanol–water partition coefficient (Wildman–Crippen LogP) is 3.12. The van der Waals surface area contributed by atoms with Gasteiger partial charge in [-0.3, -0.25) is 9.59 Å². The number of carbonyl (C=O) groups excluding carboxylic acids is 2. The number of pyridine rings is 1. The molecule has 0 spiro atoms. The number of halogens is 2. The largest absolute Gasteiger partial charge is 0.327 e. The number of aromatic nitrogens is 1. The highest BCUT2D eigenvalue weighted by atomic mass is 32.2. The summed E-state index contributed by atoms with van der Waals surface area (Å²) in [5, 5.41) is 7.57. The van der Waals surface area contributed by atoms with Crippen LogP contribution in [0.25, 0.3) is 0 Å². The Bertz CT molecular complexity index is 1350. The van der Waals surface area contributed by atoms with Crippen LogP contribution in [-0.2, 0) is 21.4 Å². The molecule has 3 N–H and O–H groups in total. The molecule has 0 saturated carbocycles. The standard InChI is InChI=1S/C23H20F2N4O4S/c24-15-6-4-14(5-7-15)13-29-19(22-17(23(29)31)2-1-3-18(22)25)9-11-21(30)28-20-10-8-16(12-27-20)34(26,32)33/h1-8,10,12,19H,9,11,13H2,(H2,26,32,33)(H,27,28,30). The molecule has 1 atom stereocenters. The summed E-state index contributed by atoms with van der Waals surface area (Å²) in [6, 6.07) is 11.7. The van der Waals surface area contributed by atoms with Gasteiger partial charge < -0.3 is 10.2 Å². The number of nitrogens with zero attached hydrogens (tertiary/aromatic N) is 2. The summed E-state index contributed by atoms with van der Waals surface area (Å²) in [6.45, 7) is 0.121. The number of benzene rings is 2. The normalized spacial score (nSPS) is 15.3. The average molecular weight is 487 g/mol. The van der Waals surface area contributed by atoms with Gasteiger partial charge in [0, 0.05) is 30.3 Å². The van der Waals surface area contributed by atoms with Crippen molar-refractivity contribution in [2.75, 3.05) is 5.32 Å². The van der Waals surface area contributed by atoms with Crippen LogP contribution in [0.15, 0.2) is 65.7 Å². The number of anilines is 1. The molecule has 2 aromatic carbocycles. The number of rotatable bonds is 7. The summed E-state index contributed by atoms with van der Waals surface area (Å²) in [5.74, 6) is -1.66. The minimum Gasteiger partial charge on any atom is -0.327 e. The average Bonchev–Trinajstić information content (AvgIpc) is 3.06. The van der Waals surface area contributed by atoms with Crippen molar-refractivity contribution in [3.8, 4) is 0 Å². The van der Waals surface area contributed by atoms with Crippen LogP contribution in [0.2, 0.25) is 0 Å². The van der Waals surface area contributed by atoms with Gasteiger partial charge in [0.05, 0.1) is 6.04 Å². The Morgan fingerprint density at radius 2 is 1.82 bits per heavy atom. The molecule has 1 unspecified atom stereocenters. The van der Waals surface area contributed by atoms with Crippen molar-refractivity contribution < 1.29 is 26.8 Å². The molecule has 1 aromatic heterocycles. The van der Waals surface area contributed by atoms with E-state index in [9.17, 15) is 26.8 Å². The summed E-state index contributed by atoms with van der Waals surface area (Å²) in [4.78, 5) is 30.6. The van der Waals surface area contributed by atoms with Gasteiger partial charge in [-0.25, -0.2) is 27.3 Å². The van der Waals surface area contributed by atoms with E-state index in [1.165, 1.54) is 47.4 Å². The van der Waals surface area contributed by atoms with Crippen LogP contribution in [-0.4, -0.2) is 30.1 Å². The maximum atomic E-state index is 14.7. The molecule has 3 aromatic rings. The minimum atomic E-state index is -3.91. The molecule has 8 nitrogen and oxygen atoms in total. The van der Waals surface area contributed by atoms with E-state index in [-0.39, 0.29) is 47.1 Å². The van der Waals surface area contributed by atoms with Gasteiger partial charge in [0.25, 0.3) is 5.91 Å². The Morgan fingerprint density at radius 1 is 1.09 bits per heavy atom. The lowest BCUT2D eigenvalue weighted by molar-refractivity contribution is -0.116. The monoisotopic (exact) mass is 486 g/mol. The van der Waals surface area contributed by atoms with Crippen molar-refractivity contribution >= 4 is 27.7 Å². The van der Waals surface area contributed by atoms with Crippen molar-refractivity contribution in [3.63, 3.8) is 0 Å². The Labute approximate surface area is 194 Å². The smallest absolute Gasteiger partial charge is 0.255 e. The Hall–Kier alpha value is -3.70. The third-order valence-electron chi connectivity index (χ3n) is 5.50. The van der Waals surface area contributed by atoms with Crippen molar-refractivity contribution in [3.05, 3.63) is 89.1 Å². The zero-order valence-electron chi connectivity index (χ0n) is 17.7. The predicted molar refractivity (Wildman–Crippen MR) is 119 cm³/mol. The maximum Gasteiger partial charge on any atom is 0.255 e. The van der Waals surface area contributed by atoms with Gasteiger partial charge in [0.15, 0.2) is 0 Å². The number of hydrogen-bond donors (Lipinski definition) is 2. The minimum absolute atomic E-state index is 0.0652. The van der Waals surface area contributed by atoms with Crippen LogP contribution < -0.4 is 10.5 Å². The molecule has 1 aliphatic rings. The van der Waals surface area contributed by atoms with E-state index >= 15 is 0 Å². The van der Waals surface area contributed by atoms with E-state index in [2.05, 4.69) is 10.3 Å². The van der Waals surface area contributed by atoms with Gasteiger partial charge >= 0.3 is 0 Å². The first-order chi connectivity index (χ1) is 16.1. The third kappa shape index (κ3) is 4.95. The van der Waals surface area contributed by atoms with Crippen LogP contribution in [0.4, 0.5) is 14.6 Å². The summed E-state index contributed by atoms with van der Waals surface area (Å²) in [5.41, 5.74) is 1.11. The van der Waals surface area contributed by atoms with Crippen LogP contribution in [0.1, 0.15) is 40.4 Å². The van der Waals surface area contributed by atoms with E-state index in [1.807, 2.05) is 0 Å². The number of primary sulfonamides is 1. The first kappa shape index (κ1) is 23.5. The number of nitrogens with one attached hydrogen (secondary N) is 1. The molecule has 2 amide bonds. The van der Waals surface area contributed by atoms with Crippen LogP contribution in [0.3, 0.4) is 0 Å². The first-order valence-electron chi connectivity index (χ1n) is 10.3. The molecule has 0 bridgehead atoms. The Balaban J connectivity index is 1.50. The Kier molecular flexibility index (Phi) is 6.40. The van der Waals surface area contributed by atoms with Crippen LogP contribution in [0, 0.1) is 11.6 Å². The third-order valence-corrected chi connectivity index (χ3v) is 6.40. The molecular formula is C23H20F2N4O4S. The molecule has 0 aliphatic carbocycles. The van der Waals surface area contributed by atoms with Gasteiger partial charge in [0.2, 0.25) is 15.9 Å². The van der Waals surface area contributed by atoms with Crippen molar-refractivity contribution in [2.24, 2.45) is 5.14 Å². The molecule has 11 heteroatoms. The molecular weight excluding hydrogens is 466 g/mol. The molecule has 0 saturated heterocycles. The topological polar surface area (TPSA) is 122 Å². The lowest BCUT2D eigenvalue weighted by Crippen LogP contribution is -2.28. The van der Waals surface area contributed by atoms with Gasteiger partial charge in [-0.05, 0) is 48.4 Å². The molecule has 4 rings (SSSR count). The number of amides is 2. The second-order valence-electron chi connectivity index (χ2n) is 7.79. The Morgan fingerprint density at radius 3 is 2.47 bits per heavy atom. The highest BCUT2D eigenvalue weighted by Crippen LogP contribution is 2.39. The maximum absolute atomic E-state index is 14.7. The van der Waals surface area contributed by atoms with Gasteiger partial charge in [-0.2, -0.15) is 0 Å². The molecule has 2 heterocycles. The highest BCUT2D eigenvalue weighted by molar-refractivity contribution is 7.89. The summed E-state index contributed by atoms with van der Waals surface area (Å²) >= 11 is 0. The number of carbonyl (C=O) groups is 2. The van der Waals surface area contributed by atoms with Gasteiger partial charge in [-0.15, -0.1) is 0 Å². The first-order valence-corrected chi connectivity index (χ1v) is 11.8. The fourth-order valence-electron chi connectivity index (χ4n) is 3.88. The van der Waals surface area contributed by atoms with E-state index in [0.717, 1.165) is 6.20 Å². The summed E-state index contributed by atoms with van der Waals surface area (Å²) in [6.07, 6.45) is 1.09. The van der Waals surface area contributed by atoms with Crippen molar-refractivity contribution in [1.82, 2.24) is 9.88 Å².